The predicted octanol–water partition coefficient (Wildman–Crippen LogP) is 3.27. The molecule has 0 spiro atoms. The summed E-state index contributed by atoms with van der Waals surface area (Å²) in [5, 5.41) is 3.03. The summed E-state index contributed by atoms with van der Waals surface area (Å²) in [5.74, 6) is 0.0626. The zero-order valence-electron chi connectivity index (χ0n) is 10.0. The number of hydrogen-bond acceptors (Lipinski definition) is 2. The SMILES string of the molecule is CNc1ccc(C(=O)c2ccc(C)cc2)cc1. The van der Waals surface area contributed by atoms with Gasteiger partial charge in [-0.25, -0.2) is 0 Å². The van der Waals surface area contributed by atoms with Gasteiger partial charge in [0.2, 0.25) is 0 Å². The number of benzene rings is 2. The summed E-state index contributed by atoms with van der Waals surface area (Å²) in [5.41, 5.74) is 3.61. The summed E-state index contributed by atoms with van der Waals surface area (Å²) in [6.45, 7) is 2.01. The van der Waals surface area contributed by atoms with Crippen LogP contribution in [0.1, 0.15) is 21.5 Å². The first-order chi connectivity index (χ1) is 8.20. The van der Waals surface area contributed by atoms with E-state index >= 15 is 0 Å². The Hall–Kier alpha value is -2.09. The molecule has 0 radical (unpaired) electrons. The number of nitrogens with one attached hydrogen (secondary N) is 1. The van der Waals surface area contributed by atoms with Gasteiger partial charge in [0.05, 0.1) is 0 Å². The molecule has 0 fully saturated rings. The highest BCUT2D eigenvalue weighted by Crippen LogP contribution is 2.13. The van der Waals surface area contributed by atoms with E-state index in [0.29, 0.717) is 5.56 Å². The van der Waals surface area contributed by atoms with Crippen LogP contribution >= 0.6 is 0 Å². The number of anilines is 1. The minimum absolute atomic E-state index is 0.0626. The van der Waals surface area contributed by atoms with E-state index in [1.807, 2.05) is 62.5 Å². The van der Waals surface area contributed by atoms with E-state index in [9.17, 15) is 4.79 Å². The van der Waals surface area contributed by atoms with E-state index in [0.717, 1.165) is 16.8 Å². The van der Waals surface area contributed by atoms with E-state index < -0.39 is 0 Å². The highest BCUT2D eigenvalue weighted by atomic mass is 16.1. The lowest BCUT2D eigenvalue weighted by atomic mass is 10.0. The van der Waals surface area contributed by atoms with Crippen LogP contribution in [0.3, 0.4) is 0 Å². The van der Waals surface area contributed by atoms with E-state index in [1.165, 1.54) is 0 Å². The molecule has 2 nitrogen and oxygen atoms in total. The van der Waals surface area contributed by atoms with Crippen molar-refractivity contribution < 1.29 is 4.79 Å². The zero-order valence-corrected chi connectivity index (χ0v) is 10.0. The molecule has 0 atom stereocenters. The Bertz CT molecular complexity index is 512. The average molecular weight is 225 g/mol. The first-order valence-corrected chi connectivity index (χ1v) is 5.60. The van der Waals surface area contributed by atoms with Crippen LogP contribution in [-0.4, -0.2) is 12.8 Å². The molecule has 2 aromatic rings. The lowest BCUT2D eigenvalue weighted by Gasteiger charge is -2.03. The van der Waals surface area contributed by atoms with Gasteiger partial charge in [-0.15, -0.1) is 0 Å². The number of carbonyl (C=O) groups is 1. The summed E-state index contributed by atoms with van der Waals surface area (Å²) in [6, 6.07) is 15.1. The third-order valence-corrected chi connectivity index (χ3v) is 2.75. The molecule has 0 aliphatic rings. The van der Waals surface area contributed by atoms with Gasteiger partial charge in [0.1, 0.15) is 0 Å². The van der Waals surface area contributed by atoms with Gasteiger partial charge in [0.25, 0.3) is 0 Å². The van der Waals surface area contributed by atoms with E-state index in [4.69, 9.17) is 0 Å². The number of hydrogen-bond donors (Lipinski definition) is 1. The average Bonchev–Trinajstić information content (AvgIpc) is 2.39. The maximum Gasteiger partial charge on any atom is 0.193 e. The van der Waals surface area contributed by atoms with Crippen molar-refractivity contribution in [1.82, 2.24) is 0 Å². The van der Waals surface area contributed by atoms with Gasteiger partial charge >= 0.3 is 0 Å². The first-order valence-electron chi connectivity index (χ1n) is 5.60. The molecule has 0 heterocycles. The molecule has 0 aromatic heterocycles. The largest absolute Gasteiger partial charge is 0.388 e. The molecule has 0 saturated heterocycles. The standard InChI is InChI=1S/C15H15NO/c1-11-3-5-12(6-4-11)15(17)13-7-9-14(16-2)10-8-13/h3-10,16H,1-2H3. The smallest absolute Gasteiger partial charge is 0.193 e. The summed E-state index contributed by atoms with van der Waals surface area (Å²) < 4.78 is 0. The summed E-state index contributed by atoms with van der Waals surface area (Å²) in [4.78, 5) is 12.1. The van der Waals surface area contributed by atoms with Crippen molar-refractivity contribution in [3.8, 4) is 0 Å². The summed E-state index contributed by atoms with van der Waals surface area (Å²) in [6.07, 6.45) is 0. The molecule has 2 rings (SSSR count). The minimum Gasteiger partial charge on any atom is -0.388 e. The minimum atomic E-state index is 0.0626. The summed E-state index contributed by atoms with van der Waals surface area (Å²) >= 11 is 0. The fraction of sp³-hybridized carbons (Fsp3) is 0.133. The third-order valence-electron chi connectivity index (χ3n) is 2.75. The Balaban J connectivity index is 2.27. The van der Waals surface area contributed by atoms with Crippen molar-refractivity contribution in [3.63, 3.8) is 0 Å². The van der Waals surface area contributed by atoms with Crippen molar-refractivity contribution in [2.24, 2.45) is 0 Å². The number of rotatable bonds is 3. The molecule has 17 heavy (non-hydrogen) atoms. The second kappa shape index (κ2) is 4.83. The van der Waals surface area contributed by atoms with Crippen LogP contribution in [0.4, 0.5) is 5.69 Å². The van der Waals surface area contributed by atoms with Gasteiger partial charge in [-0.05, 0) is 31.2 Å². The lowest BCUT2D eigenvalue weighted by molar-refractivity contribution is 0.103. The number of carbonyl (C=O) groups excluding carboxylic acids is 1. The molecule has 0 unspecified atom stereocenters. The third kappa shape index (κ3) is 2.53. The van der Waals surface area contributed by atoms with Gasteiger partial charge in [0, 0.05) is 23.9 Å². The van der Waals surface area contributed by atoms with Gasteiger partial charge in [-0.3, -0.25) is 4.79 Å². The molecule has 2 aromatic carbocycles. The Morgan fingerprint density at radius 1 is 0.882 bits per heavy atom. The monoisotopic (exact) mass is 225 g/mol. The van der Waals surface area contributed by atoms with E-state index in [1.54, 1.807) is 0 Å². The van der Waals surface area contributed by atoms with Crippen LogP contribution in [0.2, 0.25) is 0 Å². The maximum absolute atomic E-state index is 12.1. The second-order valence-electron chi connectivity index (χ2n) is 4.02. The molecule has 0 aliphatic heterocycles. The highest BCUT2D eigenvalue weighted by Gasteiger charge is 2.07. The molecule has 1 N–H and O–H groups in total. The van der Waals surface area contributed by atoms with Crippen LogP contribution < -0.4 is 5.32 Å². The maximum atomic E-state index is 12.1. The van der Waals surface area contributed by atoms with Gasteiger partial charge < -0.3 is 5.32 Å². The predicted molar refractivity (Wildman–Crippen MR) is 70.6 cm³/mol. The van der Waals surface area contributed by atoms with Crippen molar-refractivity contribution >= 4 is 11.5 Å². The fourth-order valence-electron chi connectivity index (χ4n) is 1.66. The van der Waals surface area contributed by atoms with Crippen LogP contribution in [0.15, 0.2) is 48.5 Å². The van der Waals surface area contributed by atoms with E-state index in [2.05, 4.69) is 5.32 Å². The Kier molecular flexibility index (Phi) is 3.24. The Morgan fingerprint density at radius 2 is 1.35 bits per heavy atom. The van der Waals surface area contributed by atoms with E-state index in [-0.39, 0.29) is 5.78 Å². The summed E-state index contributed by atoms with van der Waals surface area (Å²) in [7, 11) is 1.86. The normalized spacial score (nSPS) is 10.0. The van der Waals surface area contributed by atoms with Gasteiger partial charge in [-0.2, -0.15) is 0 Å². The van der Waals surface area contributed by atoms with Crippen molar-refractivity contribution in [1.29, 1.82) is 0 Å². The molecule has 0 aliphatic carbocycles. The Morgan fingerprint density at radius 3 is 1.82 bits per heavy atom. The van der Waals surface area contributed by atoms with Crippen molar-refractivity contribution in [3.05, 3.63) is 65.2 Å². The van der Waals surface area contributed by atoms with Gasteiger partial charge in [-0.1, -0.05) is 29.8 Å². The molecular weight excluding hydrogens is 210 g/mol. The topological polar surface area (TPSA) is 29.1 Å². The van der Waals surface area contributed by atoms with Gasteiger partial charge in [0.15, 0.2) is 5.78 Å². The zero-order chi connectivity index (χ0) is 12.3. The van der Waals surface area contributed by atoms with Crippen LogP contribution in [0, 0.1) is 6.92 Å². The lowest BCUT2D eigenvalue weighted by Crippen LogP contribution is -2.01. The number of ketones is 1. The van der Waals surface area contributed by atoms with Crippen LogP contribution in [-0.2, 0) is 0 Å². The molecule has 0 saturated carbocycles. The first kappa shape index (κ1) is 11.4. The molecule has 86 valence electrons. The molecular formula is C15H15NO. The second-order valence-corrected chi connectivity index (χ2v) is 4.02. The van der Waals surface area contributed by atoms with Crippen molar-refractivity contribution in [2.75, 3.05) is 12.4 Å². The molecule has 0 bridgehead atoms. The molecule has 0 amide bonds. The van der Waals surface area contributed by atoms with Crippen LogP contribution in [0.25, 0.3) is 0 Å². The highest BCUT2D eigenvalue weighted by molar-refractivity contribution is 6.09. The Labute approximate surface area is 101 Å². The molecule has 2 heteroatoms. The van der Waals surface area contributed by atoms with Crippen molar-refractivity contribution in [2.45, 2.75) is 6.92 Å². The van der Waals surface area contributed by atoms with Crippen LogP contribution in [0.5, 0.6) is 0 Å². The fourth-order valence-corrected chi connectivity index (χ4v) is 1.66. The number of aryl methyl sites for hydroxylation is 1. The quantitative estimate of drug-likeness (QED) is 0.812.